The third kappa shape index (κ3) is 6.24. The molecule has 1 aromatic heterocycles. The second-order valence-corrected chi connectivity index (χ2v) is 5.81. The minimum atomic E-state index is 0. The molecule has 0 aliphatic heterocycles. The summed E-state index contributed by atoms with van der Waals surface area (Å²) in [4.78, 5) is 6.75. The topological polar surface area (TPSA) is 70.4 Å². The number of hydrogen-bond acceptors (Lipinski definition) is 4. The molecule has 0 bridgehead atoms. The zero-order valence-electron chi connectivity index (χ0n) is 16.0. The SMILES string of the molecule is CCN(CC)C(CNC(=NC)NCc1nncn1C)c1ccccc1.I. The molecule has 144 valence electrons. The highest BCUT2D eigenvalue weighted by molar-refractivity contribution is 14.0. The summed E-state index contributed by atoms with van der Waals surface area (Å²) in [7, 11) is 3.71. The Balaban J connectivity index is 0.00000338. The molecule has 0 spiro atoms. The molecule has 2 aromatic rings. The number of nitrogens with zero attached hydrogens (tertiary/aromatic N) is 5. The number of aryl methyl sites for hydroxylation is 1. The molecule has 7 nitrogen and oxygen atoms in total. The minimum absolute atomic E-state index is 0. The average molecular weight is 471 g/mol. The predicted octanol–water partition coefficient (Wildman–Crippen LogP) is 2.18. The first-order valence-corrected chi connectivity index (χ1v) is 8.75. The summed E-state index contributed by atoms with van der Waals surface area (Å²) in [5, 5.41) is 14.7. The van der Waals surface area contributed by atoms with Crippen molar-refractivity contribution in [2.75, 3.05) is 26.7 Å². The molecule has 0 radical (unpaired) electrons. The molecule has 0 aliphatic carbocycles. The predicted molar refractivity (Wildman–Crippen MR) is 117 cm³/mol. The summed E-state index contributed by atoms with van der Waals surface area (Å²) >= 11 is 0. The van der Waals surface area contributed by atoms with E-state index >= 15 is 0 Å². The highest BCUT2D eigenvalue weighted by Gasteiger charge is 2.18. The molecule has 0 saturated heterocycles. The molecule has 0 saturated carbocycles. The number of aliphatic imine (C=N–C) groups is 1. The lowest BCUT2D eigenvalue weighted by Crippen LogP contribution is -2.43. The molecule has 1 aromatic carbocycles. The number of likely N-dealkylation sites (N-methyl/N-ethyl adjacent to an activating group) is 1. The first-order chi connectivity index (χ1) is 12.2. The van der Waals surface area contributed by atoms with E-state index in [2.05, 4.69) is 74.9 Å². The average Bonchev–Trinajstić information content (AvgIpc) is 3.06. The van der Waals surface area contributed by atoms with Gasteiger partial charge in [0.05, 0.1) is 12.6 Å². The fourth-order valence-electron chi connectivity index (χ4n) is 2.84. The fourth-order valence-corrected chi connectivity index (χ4v) is 2.84. The Morgan fingerprint density at radius 1 is 1.19 bits per heavy atom. The van der Waals surface area contributed by atoms with Crippen molar-refractivity contribution in [3.63, 3.8) is 0 Å². The third-order valence-electron chi connectivity index (χ3n) is 4.34. The smallest absolute Gasteiger partial charge is 0.191 e. The summed E-state index contributed by atoms with van der Waals surface area (Å²) < 4.78 is 1.89. The van der Waals surface area contributed by atoms with E-state index in [9.17, 15) is 0 Å². The van der Waals surface area contributed by atoms with Crippen LogP contribution in [0.3, 0.4) is 0 Å². The largest absolute Gasteiger partial charge is 0.354 e. The van der Waals surface area contributed by atoms with Gasteiger partial charge in [-0.25, -0.2) is 0 Å². The lowest BCUT2D eigenvalue weighted by molar-refractivity contribution is 0.219. The molecule has 2 rings (SSSR count). The molecule has 0 fully saturated rings. The van der Waals surface area contributed by atoms with Gasteiger partial charge in [0.15, 0.2) is 11.8 Å². The Labute approximate surface area is 173 Å². The number of nitrogens with one attached hydrogen (secondary N) is 2. The first kappa shape index (κ1) is 22.4. The Morgan fingerprint density at radius 3 is 2.42 bits per heavy atom. The highest BCUT2D eigenvalue weighted by Crippen LogP contribution is 2.19. The number of rotatable bonds is 8. The van der Waals surface area contributed by atoms with E-state index in [0.29, 0.717) is 12.6 Å². The molecule has 0 aliphatic rings. The van der Waals surface area contributed by atoms with Crippen molar-refractivity contribution in [2.45, 2.75) is 26.4 Å². The van der Waals surface area contributed by atoms with E-state index in [1.165, 1.54) is 5.56 Å². The van der Waals surface area contributed by atoms with Crippen LogP contribution in [0.25, 0.3) is 0 Å². The second kappa shape index (κ2) is 11.8. The van der Waals surface area contributed by atoms with Crippen LogP contribution in [0.15, 0.2) is 41.7 Å². The van der Waals surface area contributed by atoms with Crippen LogP contribution < -0.4 is 10.6 Å². The molecule has 8 heteroatoms. The third-order valence-corrected chi connectivity index (χ3v) is 4.34. The van der Waals surface area contributed by atoms with E-state index in [1.54, 1.807) is 13.4 Å². The monoisotopic (exact) mass is 471 g/mol. The summed E-state index contributed by atoms with van der Waals surface area (Å²) in [5.74, 6) is 1.63. The van der Waals surface area contributed by atoms with Gasteiger partial charge in [0.1, 0.15) is 6.33 Å². The van der Waals surface area contributed by atoms with Crippen molar-refractivity contribution >= 4 is 29.9 Å². The maximum Gasteiger partial charge on any atom is 0.191 e. The van der Waals surface area contributed by atoms with E-state index in [4.69, 9.17) is 0 Å². The van der Waals surface area contributed by atoms with Gasteiger partial charge in [-0.3, -0.25) is 9.89 Å². The van der Waals surface area contributed by atoms with Gasteiger partial charge >= 0.3 is 0 Å². The van der Waals surface area contributed by atoms with Crippen molar-refractivity contribution in [1.82, 2.24) is 30.3 Å². The minimum Gasteiger partial charge on any atom is -0.354 e. The van der Waals surface area contributed by atoms with Crippen LogP contribution in [0.1, 0.15) is 31.3 Å². The van der Waals surface area contributed by atoms with Gasteiger partial charge in [-0.2, -0.15) is 0 Å². The second-order valence-electron chi connectivity index (χ2n) is 5.81. The van der Waals surface area contributed by atoms with Gasteiger partial charge in [-0.1, -0.05) is 44.2 Å². The molecule has 1 atom stereocenters. The van der Waals surface area contributed by atoms with Crippen molar-refractivity contribution in [2.24, 2.45) is 12.0 Å². The van der Waals surface area contributed by atoms with Crippen molar-refractivity contribution in [1.29, 1.82) is 0 Å². The maximum atomic E-state index is 4.31. The summed E-state index contributed by atoms with van der Waals surface area (Å²) in [6.07, 6.45) is 1.69. The quantitative estimate of drug-likeness (QED) is 0.351. The Hall–Kier alpha value is -1.68. The number of aromatic nitrogens is 3. The van der Waals surface area contributed by atoms with Gasteiger partial charge < -0.3 is 15.2 Å². The normalized spacial score (nSPS) is 12.6. The van der Waals surface area contributed by atoms with Crippen LogP contribution in [0, 0.1) is 0 Å². The van der Waals surface area contributed by atoms with E-state index in [0.717, 1.165) is 31.4 Å². The van der Waals surface area contributed by atoms with Crippen LogP contribution in [0.4, 0.5) is 0 Å². The van der Waals surface area contributed by atoms with Crippen molar-refractivity contribution in [3.05, 3.63) is 48.0 Å². The van der Waals surface area contributed by atoms with E-state index in [-0.39, 0.29) is 24.0 Å². The van der Waals surface area contributed by atoms with Gasteiger partial charge in [0, 0.05) is 20.6 Å². The van der Waals surface area contributed by atoms with Gasteiger partial charge in [-0.05, 0) is 18.7 Å². The number of halogens is 1. The standard InChI is InChI=1S/C18H29N7.HI/c1-5-25(6-2)16(15-10-8-7-9-11-15)12-20-18(19-3)21-13-17-23-22-14-24(17)4;/h7-11,14,16H,5-6,12-13H2,1-4H3,(H2,19,20,21);1H. The van der Waals surface area contributed by atoms with Crippen LogP contribution in [0.5, 0.6) is 0 Å². The number of hydrogen-bond donors (Lipinski definition) is 2. The maximum absolute atomic E-state index is 4.31. The molecular formula is C18H30IN7. The summed E-state index contributed by atoms with van der Waals surface area (Å²) in [5.41, 5.74) is 1.31. The number of benzene rings is 1. The zero-order chi connectivity index (χ0) is 18.1. The summed E-state index contributed by atoms with van der Waals surface area (Å²) in [6, 6.07) is 10.9. The van der Waals surface area contributed by atoms with E-state index in [1.807, 2.05) is 11.6 Å². The molecule has 1 heterocycles. The summed E-state index contributed by atoms with van der Waals surface area (Å²) in [6.45, 7) is 7.76. The van der Waals surface area contributed by atoms with E-state index < -0.39 is 0 Å². The first-order valence-electron chi connectivity index (χ1n) is 8.75. The molecule has 0 amide bonds. The lowest BCUT2D eigenvalue weighted by Gasteiger charge is -2.30. The number of guanidine groups is 1. The Bertz CT molecular complexity index is 653. The zero-order valence-corrected chi connectivity index (χ0v) is 18.3. The van der Waals surface area contributed by atoms with Gasteiger partial charge in [0.2, 0.25) is 0 Å². The van der Waals surface area contributed by atoms with Crippen LogP contribution in [-0.2, 0) is 13.6 Å². The van der Waals surface area contributed by atoms with Crippen LogP contribution in [-0.4, -0.2) is 52.3 Å². The highest BCUT2D eigenvalue weighted by atomic mass is 127. The van der Waals surface area contributed by atoms with Crippen molar-refractivity contribution in [3.8, 4) is 0 Å². The molecular weight excluding hydrogens is 441 g/mol. The van der Waals surface area contributed by atoms with Crippen LogP contribution >= 0.6 is 24.0 Å². The van der Waals surface area contributed by atoms with Gasteiger partial charge in [-0.15, -0.1) is 34.2 Å². The fraction of sp³-hybridized carbons (Fsp3) is 0.500. The van der Waals surface area contributed by atoms with Crippen molar-refractivity contribution < 1.29 is 0 Å². The lowest BCUT2D eigenvalue weighted by atomic mass is 10.1. The van der Waals surface area contributed by atoms with Crippen LogP contribution in [0.2, 0.25) is 0 Å². The van der Waals surface area contributed by atoms with Gasteiger partial charge in [0.25, 0.3) is 0 Å². The molecule has 1 unspecified atom stereocenters. The molecule has 26 heavy (non-hydrogen) atoms. The molecule has 2 N–H and O–H groups in total. The Kier molecular flexibility index (Phi) is 10.2. The Morgan fingerprint density at radius 2 is 1.88 bits per heavy atom.